The van der Waals surface area contributed by atoms with Crippen molar-refractivity contribution in [3.8, 4) is 11.1 Å². The second-order valence-corrected chi connectivity index (χ2v) is 8.52. The molecule has 5 rings (SSSR count). The Balaban J connectivity index is 1.48. The Hall–Kier alpha value is -3.29. The van der Waals surface area contributed by atoms with Crippen LogP contribution in [-0.4, -0.2) is 15.1 Å². The van der Waals surface area contributed by atoms with Crippen LogP contribution in [-0.2, 0) is 0 Å². The summed E-state index contributed by atoms with van der Waals surface area (Å²) in [6, 6.07) is 18.0. The van der Waals surface area contributed by atoms with Gasteiger partial charge in [0.2, 0.25) is 0 Å². The number of aromatic nitrogens is 2. The number of rotatable bonds is 3. The quantitative estimate of drug-likeness (QED) is 0.367. The monoisotopic (exact) mass is 416 g/mol. The number of benzene rings is 2. The first-order chi connectivity index (χ1) is 14.2. The molecule has 0 radical (unpaired) electrons. The number of carbonyl (C=O) groups excluding carboxylic acids is 1. The van der Waals surface area contributed by atoms with E-state index in [-0.39, 0.29) is 16.3 Å². The van der Waals surface area contributed by atoms with Crippen molar-refractivity contribution >= 4 is 49.4 Å². The zero-order valence-corrected chi connectivity index (χ0v) is 16.5. The highest BCUT2D eigenvalue weighted by atomic mass is 32.2. The molecule has 5 aromatic rings. The van der Waals surface area contributed by atoms with Gasteiger partial charge in [-0.1, -0.05) is 24.3 Å². The average Bonchev–Trinajstić information content (AvgIpc) is 3.16. The predicted octanol–water partition coefficient (Wildman–Crippen LogP) is 5.40. The van der Waals surface area contributed by atoms with Crippen molar-refractivity contribution in [1.82, 2.24) is 9.97 Å². The van der Waals surface area contributed by atoms with Gasteiger partial charge in [0.15, 0.2) is 15.5 Å². The van der Waals surface area contributed by atoms with Gasteiger partial charge in [-0.15, -0.1) is 11.3 Å². The molecule has 0 spiro atoms. The van der Waals surface area contributed by atoms with E-state index in [1.807, 2.05) is 42.5 Å². The van der Waals surface area contributed by atoms with Gasteiger partial charge in [-0.2, -0.15) is 0 Å². The number of carbonyl (C=O) groups is 1. The van der Waals surface area contributed by atoms with E-state index in [0.29, 0.717) is 15.3 Å². The summed E-state index contributed by atoms with van der Waals surface area (Å²) < 4.78 is 7.35. The second kappa shape index (κ2) is 7.27. The van der Waals surface area contributed by atoms with Gasteiger partial charge < -0.3 is 4.42 Å². The van der Waals surface area contributed by atoms with Crippen molar-refractivity contribution in [3.05, 3.63) is 89.0 Å². The van der Waals surface area contributed by atoms with Crippen molar-refractivity contribution in [2.45, 2.75) is 4.34 Å². The number of thiazole rings is 1. The van der Waals surface area contributed by atoms with Crippen LogP contribution in [0.4, 0.5) is 0 Å². The lowest BCUT2D eigenvalue weighted by atomic mass is 10.1. The lowest BCUT2D eigenvalue weighted by Gasteiger charge is -2.04. The van der Waals surface area contributed by atoms with Crippen molar-refractivity contribution in [3.63, 3.8) is 0 Å². The van der Waals surface area contributed by atoms with Crippen LogP contribution >= 0.6 is 23.1 Å². The number of hydrogen-bond acceptors (Lipinski definition) is 7. The maximum absolute atomic E-state index is 12.7. The molecule has 0 saturated heterocycles. The van der Waals surface area contributed by atoms with Crippen LogP contribution < -0.4 is 5.43 Å². The number of nitrogens with zero attached hydrogens (tertiary/aromatic N) is 2. The van der Waals surface area contributed by atoms with Gasteiger partial charge in [-0.05, 0) is 47.7 Å². The fraction of sp³-hybridized carbons (Fsp3) is 0. The summed E-state index contributed by atoms with van der Waals surface area (Å²) in [7, 11) is 0. The minimum Gasteiger partial charge on any atom is -0.452 e. The second-order valence-electron chi connectivity index (χ2n) is 6.26. The zero-order chi connectivity index (χ0) is 19.8. The van der Waals surface area contributed by atoms with Crippen molar-refractivity contribution in [2.24, 2.45) is 0 Å². The van der Waals surface area contributed by atoms with Gasteiger partial charge in [-0.3, -0.25) is 14.6 Å². The van der Waals surface area contributed by atoms with Crippen LogP contribution in [0.1, 0.15) is 10.6 Å². The first-order valence-electron chi connectivity index (χ1n) is 8.73. The zero-order valence-electron chi connectivity index (χ0n) is 14.9. The van der Waals surface area contributed by atoms with E-state index in [4.69, 9.17) is 4.42 Å². The third kappa shape index (κ3) is 3.46. The van der Waals surface area contributed by atoms with Gasteiger partial charge in [-0.25, -0.2) is 4.98 Å². The standard InChI is InChI=1S/C22H12N2O3S2/c25-17-11-19(21(26)29-22-24-16-5-1-2-6-20(16)28-22)27-18-8-7-13(10-15(17)18)14-4-3-9-23-12-14/h1-12H. The summed E-state index contributed by atoms with van der Waals surface area (Å²) in [5, 5.41) is 0.0762. The van der Waals surface area contributed by atoms with E-state index < -0.39 is 0 Å². The molecule has 0 atom stereocenters. The third-order valence-corrected chi connectivity index (χ3v) is 6.36. The maximum atomic E-state index is 12.7. The minimum absolute atomic E-state index is 0.0147. The van der Waals surface area contributed by atoms with E-state index >= 15 is 0 Å². The molecule has 3 heterocycles. The molecule has 0 saturated carbocycles. The van der Waals surface area contributed by atoms with Gasteiger partial charge in [0.05, 0.1) is 15.6 Å². The van der Waals surface area contributed by atoms with Gasteiger partial charge in [0.25, 0.3) is 5.12 Å². The molecule has 0 aliphatic rings. The first kappa shape index (κ1) is 17.8. The largest absolute Gasteiger partial charge is 0.452 e. The highest BCUT2D eigenvalue weighted by Gasteiger charge is 2.17. The smallest absolute Gasteiger partial charge is 0.261 e. The molecule has 2 aromatic carbocycles. The Morgan fingerprint density at radius 3 is 2.72 bits per heavy atom. The van der Waals surface area contributed by atoms with Crippen molar-refractivity contribution in [1.29, 1.82) is 0 Å². The normalized spacial score (nSPS) is 11.2. The molecule has 0 N–H and O–H groups in total. The molecule has 0 bridgehead atoms. The topological polar surface area (TPSA) is 73.1 Å². The van der Waals surface area contributed by atoms with Crippen molar-refractivity contribution < 1.29 is 9.21 Å². The number of para-hydroxylation sites is 1. The van der Waals surface area contributed by atoms with E-state index in [9.17, 15) is 9.59 Å². The Labute approximate surface area is 173 Å². The van der Waals surface area contributed by atoms with Crippen LogP contribution in [0, 0.1) is 0 Å². The molecule has 3 aromatic heterocycles. The van der Waals surface area contributed by atoms with Crippen LogP contribution in [0.5, 0.6) is 0 Å². The Morgan fingerprint density at radius 1 is 1.00 bits per heavy atom. The number of hydrogen-bond donors (Lipinski definition) is 0. The number of pyridine rings is 1. The van der Waals surface area contributed by atoms with Crippen LogP contribution in [0.2, 0.25) is 0 Å². The van der Waals surface area contributed by atoms with E-state index in [2.05, 4.69) is 9.97 Å². The fourth-order valence-electron chi connectivity index (χ4n) is 2.99. The molecule has 29 heavy (non-hydrogen) atoms. The Morgan fingerprint density at radius 2 is 1.90 bits per heavy atom. The Bertz CT molecular complexity index is 1390. The molecule has 0 aliphatic heterocycles. The summed E-state index contributed by atoms with van der Waals surface area (Å²) in [4.78, 5) is 33.8. The maximum Gasteiger partial charge on any atom is 0.261 e. The fourth-order valence-corrected chi connectivity index (χ4v) is 4.86. The third-order valence-electron chi connectivity index (χ3n) is 4.38. The lowest BCUT2D eigenvalue weighted by Crippen LogP contribution is -2.05. The SMILES string of the molecule is O=C(Sc1nc2ccccc2s1)c1cc(=O)c2cc(-c3cccnc3)ccc2o1. The minimum atomic E-state index is -0.348. The molecular weight excluding hydrogens is 404 g/mol. The molecule has 0 aliphatic carbocycles. The summed E-state index contributed by atoms with van der Waals surface area (Å²) >= 11 is 2.40. The van der Waals surface area contributed by atoms with Gasteiger partial charge in [0, 0.05) is 24.0 Å². The van der Waals surface area contributed by atoms with Crippen LogP contribution in [0.15, 0.2) is 86.6 Å². The summed E-state index contributed by atoms with van der Waals surface area (Å²) in [6.45, 7) is 0. The van der Waals surface area contributed by atoms with Gasteiger partial charge >= 0.3 is 0 Å². The van der Waals surface area contributed by atoms with Crippen molar-refractivity contribution in [2.75, 3.05) is 0 Å². The lowest BCUT2D eigenvalue weighted by molar-refractivity contribution is 0.106. The van der Waals surface area contributed by atoms with Gasteiger partial charge in [0.1, 0.15) is 5.58 Å². The highest BCUT2D eigenvalue weighted by Crippen LogP contribution is 2.32. The number of fused-ring (bicyclic) bond motifs is 2. The molecule has 0 fully saturated rings. The van der Waals surface area contributed by atoms with E-state index in [1.54, 1.807) is 24.5 Å². The molecule has 0 unspecified atom stereocenters. The predicted molar refractivity (Wildman–Crippen MR) is 116 cm³/mol. The van der Waals surface area contributed by atoms with E-state index in [1.165, 1.54) is 17.4 Å². The summed E-state index contributed by atoms with van der Waals surface area (Å²) in [5.41, 5.74) is 2.72. The molecule has 140 valence electrons. The molecule has 7 heteroatoms. The first-order valence-corrected chi connectivity index (χ1v) is 10.4. The van der Waals surface area contributed by atoms with E-state index in [0.717, 1.165) is 33.1 Å². The Kier molecular flexibility index (Phi) is 4.46. The average molecular weight is 416 g/mol. The number of thioether (sulfide) groups is 1. The molecule has 5 nitrogen and oxygen atoms in total. The summed E-state index contributed by atoms with van der Waals surface area (Å²) in [6.07, 6.45) is 3.43. The molecule has 0 amide bonds. The highest BCUT2D eigenvalue weighted by molar-refractivity contribution is 8.15. The van der Waals surface area contributed by atoms with Crippen LogP contribution in [0.3, 0.4) is 0 Å². The van der Waals surface area contributed by atoms with Crippen LogP contribution in [0.25, 0.3) is 32.3 Å². The summed E-state index contributed by atoms with van der Waals surface area (Å²) in [5.74, 6) is 0.0147. The molecular formula is C22H12N2O3S2.